The smallest absolute Gasteiger partial charge is 0.419 e. The van der Waals surface area contributed by atoms with Crippen LogP contribution in [0.4, 0.5) is 17.6 Å². The molecule has 0 aliphatic heterocycles. The second-order valence-electron chi connectivity index (χ2n) is 7.17. The van der Waals surface area contributed by atoms with E-state index in [-0.39, 0.29) is 31.9 Å². The highest BCUT2D eigenvalue weighted by molar-refractivity contribution is 5.39. The Morgan fingerprint density at radius 2 is 1.54 bits per heavy atom. The molecule has 4 nitrogen and oxygen atoms in total. The molecule has 8 heteroatoms. The van der Waals surface area contributed by atoms with Crippen molar-refractivity contribution in [1.82, 2.24) is 0 Å². The van der Waals surface area contributed by atoms with Gasteiger partial charge in [-0.2, -0.15) is 13.2 Å². The lowest BCUT2D eigenvalue weighted by molar-refractivity contribution is -0.139. The largest absolute Gasteiger partial charge is 0.493 e. The molecular formula is C20H31F4NO3. The molecule has 0 saturated carbocycles. The molecule has 0 fully saturated rings. The molecule has 0 unspecified atom stereocenters. The first-order valence-corrected chi connectivity index (χ1v) is 9.65. The van der Waals surface area contributed by atoms with E-state index in [0.29, 0.717) is 18.4 Å². The van der Waals surface area contributed by atoms with Crippen LogP contribution in [0.1, 0.15) is 56.1 Å². The summed E-state index contributed by atoms with van der Waals surface area (Å²) in [5.41, 5.74) is 4.10. The number of benzene rings is 1. The van der Waals surface area contributed by atoms with Crippen molar-refractivity contribution in [3.63, 3.8) is 0 Å². The van der Waals surface area contributed by atoms with E-state index in [4.69, 9.17) is 10.5 Å². The highest BCUT2D eigenvalue weighted by Crippen LogP contribution is 2.37. The van der Waals surface area contributed by atoms with E-state index in [0.717, 1.165) is 31.7 Å². The minimum atomic E-state index is -4.55. The van der Waals surface area contributed by atoms with Crippen molar-refractivity contribution in [1.29, 1.82) is 0 Å². The number of nitrogens with two attached hydrogens (primary N) is 1. The summed E-state index contributed by atoms with van der Waals surface area (Å²) < 4.78 is 57.4. The van der Waals surface area contributed by atoms with Gasteiger partial charge in [0.05, 0.1) is 37.6 Å². The van der Waals surface area contributed by atoms with Crippen LogP contribution in [0.15, 0.2) is 18.2 Å². The molecular weight excluding hydrogens is 378 g/mol. The number of hydrogen-bond donors (Lipinski definition) is 3. The monoisotopic (exact) mass is 409 g/mol. The van der Waals surface area contributed by atoms with Crippen molar-refractivity contribution < 1.29 is 32.5 Å². The fraction of sp³-hybridized carbons (Fsp3) is 0.700. The molecule has 1 rings (SSSR count). The number of ether oxygens (including phenoxy) is 1. The molecule has 1 aromatic carbocycles. The number of aliphatic hydroxyl groups excluding tert-OH is 2. The summed E-state index contributed by atoms with van der Waals surface area (Å²) in [5, 5.41) is 18.4. The highest BCUT2D eigenvalue weighted by atomic mass is 19.4. The van der Waals surface area contributed by atoms with Crippen LogP contribution in [0.2, 0.25) is 0 Å². The topological polar surface area (TPSA) is 75.7 Å². The SMILES string of the molecule is NC(CO)(CO)CCc1ccc(OCCCCCCCCF)c(C(F)(F)F)c1. The Bertz CT molecular complexity index is 563. The van der Waals surface area contributed by atoms with E-state index in [1.807, 2.05) is 0 Å². The van der Waals surface area contributed by atoms with Crippen molar-refractivity contribution in [3.05, 3.63) is 29.3 Å². The van der Waals surface area contributed by atoms with Gasteiger partial charge in [0.15, 0.2) is 0 Å². The Labute approximate surface area is 163 Å². The number of aliphatic hydroxyl groups is 2. The predicted molar refractivity (Wildman–Crippen MR) is 100 cm³/mol. The second-order valence-corrected chi connectivity index (χ2v) is 7.17. The average Bonchev–Trinajstić information content (AvgIpc) is 2.68. The summed E-state index contributed by atoms with van der Waals surface area (Å²) in [6.45, 7) is -1.03. The van der Waals surface area contributed by atoms with Crippen LogP contribution in [-0.4, -0.2) is 42.2 Å². The number of rotatable bonds is 14. The average molecular weight is 409 g/mol. The van der Waals surface area contributed by atoms with E-state index < -0.39 is 30.5 Å². The normalized spacial score (nSPS) is 12.4. The predicted octanol–water partition coefficient (Wildman–Crippen LogP) is 4.01. The Morgan fingerprint density at radius 3 is 2.11 bits per heavy atom. The molecule has 0 aliphatic rings. The van der Waals surface area contributed by atoms with Crippen molar-refractivity contribution in [2.24, 2.45) is 5.73 Å². The Hall–Kier alpha value is -1.38. The minimum Gasteiger partial charge on any atom is -0.493 e. The number of unbranched alkanes of at least 4 members (excludes halogenated alkanes) is 5. The lowest BCUT2D eigenvalue weighted by Crippen LogP contribution is -2.47. The second kappa shape index (κ2) is 12.2. The molecule has 0 heterocycles. The van der Waals surface area contributed by atoms with Gasteiger partial charge in [0, 0.05) is 0 Å². The van der Waals surface area contributed by atoms with E-state index in [2.05, 4.69) is 0 Å². The van der Waals surface area contributed by atoms with Crippen LogP contribution in [0.5, 0.6) is 5.75 Å². The van der Waals surface area contributed by atoms with Gasteiger partial charge in [0.1, 0.15) is 5.75 Å². The van der Waals surface area contributed by atoms with Gasteiger partial charge in [-0.3, -0.25) is 4.39 Å². The molecule has 162 valence electrons. The molecule has 0 spiro atoms. The van der Waals surface area contributed by atoms with Crippen LogP contribution >= 0.6 is 0 Å². The van der Waals surface area contributed by atoms with Gasteiger partial charge in [0.2, 0.25) is 0 Å². The third kappa shape index (κ3) is 8.75. The van der Waals surface area contributed by atoms with E-state index in [1.54, 1.807) is 0 Å². The zero-order valence-electron chi connectivity index (χ0n) is 16.1. The molecule has 0 aliphatic carbocycles. The molecule has 28 heavy (non-hydrogen) atoms. The van der Waals surface area contributed by atoms with Crippen LogP contribution in [0.3, 0.4) is 0 Å². The summed E-state index contributed by atoms with van der Waals surface area (Å²) in [7, 11) is 0. The number of aryl methyl sites for hydroxylation is 1. The summed E-state index contributed by atoms with van der Waals surface area (Å²) in [6.07, 6.45) is 0.463. The fourth-order valence-electron chi connectivity index (χ4n) is 2.77. The Kier molecular flexibility index (Phi) is 10.8. The maximum absolute atomic E-state index is 13.4. The third-order valence-electron chi connectivity index (χ3n) is 4.68. The molecule has 0 bridgehead atoms. The lowest BCUT2D eigenvalue weighted by Gasteiger charge is -2.24. The molecule has 0 atom stereocenters. The van der Waals surface area contributed by atoms with E-state index in [9.17, 15) is 27.8 Å². The first kappa shape index (κ1) is 24.7. The number of alkyl halides is 4. The van der Waals surface area contributed by atoms with Gasteiger partial charge in [-0.25, -0.2) is 0 Å². The molecule has 0 saturated heterocycles. The first-order chi connectivity index (χ1) is 13.3. The Morgan fingerprint density at radius 1 is 0.929 bits per heavy atom. The zero-order valence-corrected chi connectivity index (χ0v) is 16.1. The number of halogens is 4. The molecule has 0 aromatic heterocycles. The van der Waals surface area contributed by atoms with Gasteiger partial charge in [-0.15, -0.1) is 0 Å². The zero-order chi connectivity index (χ0) is 21.0. The van der Waals surface area contributed by atoms with Crippen molar-refractivity contribution >= 4 is 0 Å². The van der Waals surface area contributed by atoms with E-state index in [1.165, 1.54) is 12.1 Å². The maximum atomic E-state index is 13.4. The quantitative estimate of drug-likeness (QED) is 0.321. The van der Waals surface area contributed by atoms with Gasteiger partial charge >= 0.3 is 6.18 Å². The van der Waals surface area contributed by atoms with Gasteiger partial charge < -0.3 is 20.7 Å². The van der Waals surface area contributed by atoms with Crippen molar-refractivity contribution in [2.45, 2.75) is 63.1 Å². The van der Waals surface area contributed by atoms with Crippen LogP contribution in [-0.2, 0) is 12.6 Å². The van der Waals surface area contributed by atoms with Gasteiger partial charge in [-0.05, 0) is 43.4 Å². The van der Waals surface area contributed by atoms with Gasteiger partial charge in [-0.1, -0.05) is 31.7 Å². The van der Waals surface area contributed by atoms with E-state index >= 15 is 0 Å². The molecule has 4 N–H and O–H groups in total. The minimum absolute atomic E-state index is 0.153. The third-order valence-corrected chi connectivity index (χ3v) is 4.68. The summed E-state index contributed by atoms with van der Waals surface area (Å²) >= 11 is 0. The molecule has 0 amide bonds. The van der Waals surface area contributed by atoms with Gasteiger partial charge in [0.25, 0.3) is 0 Å². The fourth-order valence-corrected chi connectivity index (χ4v) is 2.77. The van der Waals surface area contributed by atoms with Crippen LogP contribution in [0, 0.1) is 0 Å². The Balaban J connectivity index is 2.62. The lowest BCUT2D eigenvalue weighted by atomic mass is 9.93. The summed E-state index contributed by atoms with van der Waals surface area (Å²) in [4.78, 5) is 0. The first-order valence-electron chi connectivity index (χ1n) is 9.65. The highest BCUT2D eigenvalue weighted by Gasteiger charge is 2.35. The van der Waals surface area contributed by atoms with Crippen LogP contribution < -0.4 is 10.5 Å². The summed E-state index contributed by atoms with van der Waals surface area (Å²) in [5.74, 6) is -0.211. The summed E-state index contributed by atoms with van der Waals surface area (Å²) in [6, 6.07) is 3.87. The van der Waals surface area contributed by atoms with Crippen molar-refractivity contribution in [2.75, 3.05) is 26.5 Å². The van der Waals surface area contributed by atoms with Crippen molar-refractivity contribution in [3.8, 4) is 5.75 Å². The molecule has 0 radical (unpaired) electrons. The number of hydrogen-bond acceptors (Lipinski definition) is 4. The maximum Gasteiger partial charge on any atom is 0.419 e. The standard InChI is InChI=1S/C20H31F4NO3/c21-11-5-3-1-2-4-6-12-28-18-8-7-16(13-17(18)20(22,23)24)9-10-19(25,14-26)15-27/h7-8,13,26-27H,1-6,9-12,14-15,25H2. The van der Waals surface area contributed by atoms with Crippen LogP contribution in [0.25, 0.3) is 0 Å². The molecule has 1 aromatic rings.